The summed E-state index contributed by atoms with van der Waals surface area (Å²) in [5.74, 6) is -1.78. The van der Waals surface area contributed by atoms with Gasteiger partial charge in [0, 0.05) is 4.47 Å². The number of aliphatic hydroxyl groups is 1. The predicted octanol–water partition coefficient (Wildman–Crippen LogP) is 2.20. The number of rotatable bonds is 5. The summed E-state index contributed by atoms with van der Waals surface area (Å²) in [6.07, 6.45) is -1.60. The van der Waals surface area contributed by atoms with Crippen LogP contribution in [0.2, 0.25) is 0 Å². The van der Waals surface area contributed by atoms with Crippen molar-refractivity contribution < 1.29 is 28.5 Å². The molecule has 0 heterocycles. The van der Waals surface area contributed by atoms with Crippen LogP contribution in [-0.4, -0.2) is 31.9 Å². The Morgan fingerprint density at radius 1 is 1.42 bits per heavy atom. The van der Waals surface area contributed by atoms with Crippen LogP contribution in [0.1, 0.15) is 18.6 Å². The first-order chi connectivity index (χ1) is 8.97. The van der Waals surface area contributed by atoms with Crippen molar-refractivity contribution in [1.29, 1.82) is 0 Å². The predicted molar refractivity (Wildman–Crippen MR) is 68.8 cm³/mol. The van der Waals surface area contributed by atoms with E-state index in [1.165, 1.54) is 14.2 Å². The van der Waals surface area contributed by atoms with Crippen LogP contribution in [-0.2, 0) is 9.53 Å². The summed E-state index contributed by atoms with van der Waals surface area (Å²) in [5.41, 5.74) is 0.0548. The summed E-state index contributed by atoms with van der Waals surface area (Å²) in [6.45, 7) is 1.73. The van der Waals surface area contributed by atoms with Crippen LogP contribution in [0.5, 0.6) is 11.5 Å². The van der Waals surface area contributed by atoms with Crippen molar-refractivity contribution in [3.63, 3.8) is 0 Å². The molecular formula is C12H14BrFO5. The van der Waals surface area contributed by atoms with E-state index in [1.807, 2.05) is 0 Å². The number of esters is 1. The number of hydrogen-bond donors (Lipinski definition) is 1. The summed E-state index contributed by atoms with van der Waals surface area (Å²) in [6, 6.07) is 1.08. The Morgan fingerprint density at radius 2 is 2.00 bits per heavy atom. The van der Waals surface area contributed by atoms with Crippen molar-refractivity contribution in [2.45, 2.75) is 13.0 Å². The molecule has 1 unspecified atom stereocenters. The van der Waals surface area contributed by atoms with E-state index >= 15 is 0 Å². The lowest BCUT2D eigenvalue weighted by Crippen LogP contribution is -2.17. The van der Waals surface area contributed by atoms with E-state index in [2.05, 4.69) is 15.9 Å². The zero-order valence-corrected chi connectivity index (χ0v) is 12.3. The lowest BCUT2D eigenvalue weighted by atomic mass is 10.1. The van der Waals surface area contributed by atoms with E-state index in [0.29, 0.717) is 0 Å². The van der Waals surface area contributed by atoms with E-state index in [0.717, 1.165) is 6.07 Å². The highest BCUT2D eigenvalue weighted by Gasteiger charge is 2.29. The number of carbonyl (C=O) groups excluding carboxylic acids is 1. The Morgan fingerprint density at radius 3 is 2.47 bits per heavy atom. The van der Waals surface area contributed by atoms with Gasteiger partial charge in [-0.15, -0.1) is 0 Å². The molecule has 1 aromatic rings. The van der Waals surface area contributed by atoms with Crippen molar-refractivity contribution in [3.8, 4) is 11.5 Å². The molecule has 1 rings (SSSR count). The van der Waals surface area contributed by atoms with Crippen LogP contribution in [0.4, 0.5) is 4.39 Å². The molecule has 1 N–H and O–H groups in total. The van der Waals surface area contributed by atoms with Crippen LogP contribution >= 0.6 is 15.9 Å². The smallest absolute Gasteiger partial charge is 0.339 e. The largest absolute Gasteiger partial charge is 0.492 e. The van der Waals surface area contributed by atoms with Crippen LogP contribution in [0.3, 0.4) is 0 Å². The maximum atomic E-state index is 13.7. The van der Waals surface area contributed by atoms with Gasteiger partial charge in [-0.05, 0) is 13.0 Å². The molecule has 7 heteroatoms. The lowest BCUT2D eigenvalue weighted by molar-refractivity contribution is -0.153. The Labute approximate surface area is 118 Å². The maximum absolute atomic E-state index is 13.7. The minimum atomic E-state index is -1.60. The van der Waals surface area contributed by atoms with Gasteiger partial charge >= 0.3 is 5.97 Å². The van der Waals surface area contributed by atoms with Crippen molar-refractivity contribution >= 4 is 21.9 Å². The second-order valence-electron chi connectivity index (χ2n) is 3.47. The van der Waals surface area contributed by atoms with E-state index in [9.17, 15) is 14.3 Å². The van der Waals surface area contributed by atoms with Gasteiger partial charge < -0.3 is 19.3 Å². The molecule has 0 aliphatic heterocycles. The molecule has 1 aromatic carbocycles. The molecule has 19 heavy (non-hydrogen) atoms. The molecule has 0 aliphatic rings. The van der Waals surface area contributed by atoms with Crippen LogP contribution in [0, 0.1) is 5.82 Å². The number of halogens is 2. The molecule has 0 aliphatic carbocycles. The van der Waals surface area contributed by atoms with E-state index in [-0.39, 0.29) is 28.1 Å². The normalized spacial score (nSPS) is 11.9. The van der Waals surface area contributed by atoms with Crippen LogP contribution in [0.25, 0.3) is 0 Å². The third kappa shape index (κ3) is 3.16. The number of hydrogen-bond acceptors (Lipinski definition) is 5. The highest BCUT2D eigenvalue weighted by Crippen LogP contribution is 2.42. The fourth-order valence-corrected chi connectivity index (χ4v) is 2.18. The maximum Gasteiger partial charge on any atom is 0.339 e. The molecule has 0 spiro atoms. The number of methoxy groups -OCH3 is 2. The monoisotopic (exact) mass is 336 g/mol. The van der Waals surface area contributed by atoms with E-state index in [1.54, 1.807) is 6.92 Å². The number of aliphatic hydroxyl groups excluding tert-OH is 1. The molecule has 0 aromatic heterocycles. The van der Waals surface area contributed by atoms with Gasteiger partial charge in [0.05, 0.1) is 26.4 Å². The van der Waals surface area contributed by atoms with Gasteiger partial charge in [-0.3, -0.25) is 0 Å². The Balaban J connectivity index is 3.37. The molecule has 0 amide bonds. The van der Waals surface area contributed by atoms with Crippen LogP contribution < -0.4 is 9.47 Å². The third-order valence-electron chi connectivity index (χ3n) is 2.37. The van der Waals surface area contributed by atoms with Crippen molar-refractivity contribution in [3.05, 3.63) is 21.9 Å². The molecular weight excluding hydrogens is 323 g/mol. The Hall–Kier alpha value is -1.34. The van der Waals surface area contributed by atoms with Gasteiger partial charge in [-0.1, -0.05) is 15.9 Å². The standard InChI is InChI=1S/C12H14BrFO5/c1-4-19-12(16)9(15)8-6(13)5-7(14)10(17-2)11(8)18-3/h5,9,15H,4H2,1-3H3. The summed E-state index contributed by atoms with van der Waals surface area (Å²) < 4.78 is 28.4. The SMILES string of the molecule is CCOC(=O)C(O)c1c(Br)cc(F)c(OC)c1OC. The third-order valence-corrected chi connectivity index (χ3v) is 3.03. The number of carbonyl (C=O) groups is 1. The number of benzene rings is 1. The topological polar surface area (TPSA) is 65.0 Å². The number of ether oxygens (including phenoxy) is 3. The minimum absolute atomic E-state index is 0.0548. The second kappa shape index (κ2) is 6.72. The van der Waals surface area contributed by atoms with Crippen molar-refractivity contribution in [1.82, 2.24) is 0 Å². The molecule has 0 saturated heterocycles. The zero-order valence-electron chi connectivity index (χ0n) is 10.7. The van der Waals surface area contributed by atoms with E-state index < -0.39 is 17.9 Å². The highest BCUT2D eigenvalue weighted by atomic mass is 79.9. The van der Waals surface area contributed by atoms with Gasteiger partial charge in [0.1, 0.15) is 0 Å². The fraction of sp³-hybridized carbons (Fsp3) is 0.417. The minimum Gasteiger partial charge on any atom is -0.492 e. The summed E-state index contributed by atoms with van der Waals surface area (Å²) in [5, 5.41) is 9.96. The first-order valence-electron chi connectivity index (χ1n) is 5.42. The molecule has 0 fully saturated rings. The summed E-state index contributed by atoms with van der Waals surface area (Å²) in [7, 11) is 2.54. The molecule has 0 bridgehead atoms. The fourth-order valence-electron chi connectivity index (χ4n) is 1.58. The van der Waals surface area contributed by atoms with Gasteiger partial charge in [0.15, 0.2) is 23.4 Å². The summed E-state index contributed by atoms with van der Waals surface area (Å²) >= 11 is 3.08. The van der Waals surface area contributed by atoms with Crippen molar-refractivity contribution in [2.24, 2.45) is 0 Å². The first-order valence-corrected chi connectivity index (χ1v) is 6.21. The van der Waals surface area contributed by atoms with E-state index in [4.69, 9.17) is 14.2 Å². The Kier molecular flexibility index (Phi) is 5.56. The summed E-state index contributed by atoms with van der Waals surface area (Å²) in [4.78, 5) is 11.6. The van der Waals surface area contributed by atoms with Gasteiger partial charge in [0.25, 0.3) is 0 Å². The first kappa shape index (κ1) is 15.7. The second-order valence-corrected chi connectivity index (χ2v) is 4.33. The van der Waals surface area contributed by atoms with Crippen molar-refractivity contribution in [2.75, 3.05) is 20.8 Å². The van der Waals surface area contributed by atoms with Gasteiger partial charge in [0.2, 0.25) is 0 Å². The molecule has 1 atom stereocenters. The van der Waals surface area contributed by atoms with Crippen LogP contribution in [0.15, 0.2) is 10.5 Å². The molecule has 5 nitrogen and oxygen atoms in total. The van der Waals surface area contributed by atoms with Gasteiger partial charge in [-0.25, -0.2) is 9.18 Å². The lowest BCUT2D eigenvalue weighted by Gasteiger charge is -2.18. The quantitative estimate of drug-likeness (QED) is 0.835. The Bertz CT molecular complexity index is 478. The highest BCUT2D eigenvalue weighted by molar-refractivity contribution is 9.10. The average molecular weight is 337 g/mol. The molecule has 0 saturated carbocycles. The average Bonchev–Trinajstić information content (AvgIpc) is 2.37. The molecule has 0 radical (unpaired) electrons. The molecule has 106 valence electrons. The zero-order chi connectivity index (χ0) is 14.6. The van der Waals surface area contributed by atoms with Gasteiger partial charge in [-0.2, -0.15) is 0 Å².